The van der Waals surface area contributed by atoms with Crippen LogP contribution in [-0.4, -0.2) is 39.0 Å². The van der Waals surface area contributed by atoms with E-state index in [2.05, 4.69) is 0 Å². The number of benzene rings is 1. The van der Waals surface area contributed by atoms with Gasteiger partial charge in [0, 0.05) is 37.0 Å². The molecule has 1 aliphatic rings. The first-order valence-electron chi connectivity index (χ1n) is 6.45. The van der Waals surface area contributed by atoms with Gasteiger partial charge in [0.25, 0.3) is 0 Å². The summed E-state index contributed by atoms with van der Waals surface area (Å²) >= 11 is 5.94. The number of hydrogen-bond donors (Lipinski definition) is 1. The average molecular weight is 319 g/mol. The Labute approximate surface area is 124 Å². The van der Waals surface area contributed by atoms with Crippen LogP contribution in [0.4, 0.5) is 5.69 Å². The lowest BCUT2D eigenvalue weighted by molar-refractivity contribution is 0.0632. The molecule has 2 rings (SSSR count). The Kier molecular flexibility index (Phi) is 4.59. The normalized spacial score (nSPS) is 17.6. The van der Waals surface area contributed by atoms with E-state index in [0.29, 0.717) is 42.3 Å². The fraction of sp³-hybridized carbons (Fsp3) is 0.538. The van der Waals surface area contributed by atoms with Crippen LogP contribution in [0.3, 0.4) is 0 Å². The van der Waals surface area contributed by atoms with Gasteiger partial charge in [0.1, 0.15) is 0 Å². The third kappa shape index (κ3) is 2.93. The number of hydrogen-bond acceptors (Lipinski definition) is 4. The lowest BCUT2D eigenvalue weighted by Crippen LogP contribution is -2.40. The van der Waals surface area contributed by atoms with Crippen LogP contribution in [0.5, 0.6) is 0 Å². The van der Waals surface area contributed by atoms with Crippen molar-refractivity contribution in [2.45, 2.75) is 30.7 Å². The van der Waals surface area contributed by atoms with Crippen LogP contribution in [0, 0.1) is 6.92 Å². The van der Waals surface area contributed by atoms with Crippen LogP contribution in [0.15, 0.2) is 17.0 Å². The van der Waals surface area contributed by atoms with Crippen LogP contribution >= 0.6 is 11.6 Å². The van der Waals surface area contributed by atoms with Crippen molar-refractivity contribution in [3.8, 4) is 0 Å². The number of nitrogen functional groups attached to an aromatic ring is 1. The number of halogens is 1. The highest BCUT2D eigenvalue weighted by atomic mass is 35.5. The van der Waals surface area contributed by atoms with Crippen molar-refractivity contribution in [3.63, 3.8) is 0 Å². The van der Waals surface area contributed by atoms with Gasteiger partial charge in [0.05, 0.1) is 4.90 Å². The number of nitrogens with two attached hydrogens (primary N) is 1. The zero-order chi connectivity index (χ0) is 14.9. The van der Waals surface area contributed by atoms with E-state index in [4.69, 9.17) is 22.1 Å². The monoisotopic (exact) mass is 318 g/mol. The van der Waals surface area contributed by atoms with Crippen LogP contribution in [0.1, 0.15) is 18.4 Å². The van der Waals surface area contributed by atoms with Crippen LogP contribution in [-0.2, 0) is 14.8 Å². The molecule has 1 fully saturated rings. The molecule has 5 nitrogen and oxygen atoms in total. The lowest BCUT2D eigenvalue weighted by Gasteiger charge is -2.31. The first-order valence-corrected chi connectivity index (χ1v) is 8.27. The van der Waals surface area contributed by atoms with Gasteiger partial charge in [0.15, 0.2) is 0 Å². The van der Waals surface area contributed by atoms with Gasteiger partial charge in [-0.15, -0.1) is 0 Å². The SMILES string of the molecule is Cc1c(N)cc(Cl)cc1S(=O)(=O)N(C)C1CCOCC1. The minimum absolute atomic E-state index is 0.0478. The van der Waals surface area contributed by atoms with Gasteiger partial charge in [-0.05, 0) is 37.5 Å². The van der Waals surface area contributed by atoms with Gasteiger partial charge in [-0.3, -0.25) is 0 Å². The second kappa shape index (κ2) is 5.89. The van der Waals surface area contributed by atoms with Gasteiger partial charge in [-0.25, -0.2) is 8.42 Å². The highest BCUT2D eigenvalue weighted by molar-refractivity contribution is 7.89. The van der Waals surface area contributed by atoms with Gasteiger partial charge < -0.3 is 10.5 Å². The molecule has 0 bridgehead atoms. The second-order valence-corrected chi connectivity index (χ2v) is 7.39. The minimum atomic E-state index is -3.60. The molecule has 20 heavy (non-hydrogen) atoms. The molecule has 0 radical (unpaired) electrons. The quantitative estimate of drug-likeness (QED) is 0.865. The molecule has 1 heterocycles. The summed E-state index contributed by atoms with van der Waals surface area (Å²) in [6.07, 6.45) is 1.40. The summed E-state index contributed by atoms with van der Waals surface area (Å²) in [4.78, 5) is 0.177. The molecule has 0 amide bonds. The van der Waals surface area contributed by atoms with Crippen molar-refractivity contribution in [1.82, 2.24) is 4.31 Å². The Morgan fingerprint density at radius 1 is 1.35 bits per heavy atom. The third-order valence-corrected chi connectivity index (χ3v) is 5.98. The first kappa shape index (κ1) is 15.6. The predicted octanol–water partition coefficient (Wildman–Crippen LogP) is 2.03. The summed E-state index contributed by atoms with van der Waals surface area (Å²) in [6.45, 7) is 2.86. The maximum Gasteiger partial charge on any atom is 0.243 e. The third-order valence-electron chi connectivity index (χ3n) is 3.73. The highest BCUT2D eigenvalue weighted by Crippen LogP contribution is 2.29. The van der Waals surface area contributed by atoms with E-state index in [0.717, 1.165) is 0 Å². The van der Waals surface area contributed by atoms with Crippen molar-refractivity contribution in [3.05, 3.63) is 22.7 Å². The fourth-order valence-corrected chi connectivity index (χ4v) is 4.33. The Bertz CT molecular complexity index is 598. The average Bonchev–Trinajstić information content (AvgIpc) is 2.42. The molecule has 0 unspecified atom stereocenters. The molecule has 1 aromatic carbocycles. The predicted molar refractivity (Wildman–Crippen MR) is 79.4 cm³/mol. The largest absolute Gasteiger partial charge is 0.398 e. The van der Waals surface area contributed by atoms with Gasteiger partial charge in [0.2, 0.25) is 10.0 Å². The Balaban J connectivity index is 2.39. The summed E-state index contributed by atoms with van der Waals surface area (Å²) < 4.78 is 32.1. The molecular weight excluding hydrogens is 300 g/mol. The van der Waals surface area contributed by atoms with E-state index in [-0.39, 0.29) is 10.9 Å². The number of rotatable bonds is 3. The molecule has 1 aromatic rings. The summed E-state index contributed by atoms with van der Waals surface area (Å²) in [5.74, 6) is 0. The summed E-state index contributed by atoms with van der Waals surface area (Å²) in [7, 11) is -2.00. The molecule has 1 aliphatic heterocycles. The molecule has 2 N–H and O–H groups in total. The number of ether oxygens (including phenoxy) is 1. The summed E-state index contributed by atoms with van der Waals surface area (Å²) in [5, 5.41) is 0.326. The van der Waals surface area contributed by atoms with Crippen LogP contribution in [0.25, 0.3) is 0 Å². The molecule has 0 spiro atoms. The highest BCUT2D eigenvalue weighted by Gasteiger charge is 2.31. The number of nitrogens with zero attached hydrogens (tertiary/aromatic N) is 1. The Morgan fingerprint density at radius 3 is 2.55 bits per heavy atom. The zero-order valence-electron chi connectivity index (χ0n) is 11.6. The zero-order valence-corrected chi connectivity index (χ0v) is 13.2. The van der Waals surface area contributed by atoms with Crippen molar-refractivity contribution < 1.29 is 13.2 Å². The lowest BCUT2D eigenvalue weighted by atomic mass is 10.1. The smallest absolute Gasteiger partial charge is 0.243 e. The van der Waals surface area contributed by atoms with E-state index >= 15 is 0 Å². The molecule has 0 saturated carbocycles. The maximum absolute atomic E-state index is 12.7. The summed E-state index contributed by atoms with van der Waals surface area (Å²) in [5.41, 5.74) is 6.73. The molecule has 0 atom stereocenters. The van der Waals surface area contributed by atoms with Gasteiger partial charge in [-0.2, -0.15) is 4.31 Å². The fourth-order valence-electron chi connectivity index (χ4n) is 2.34. The van der Waals surface area contributed by atoms with E-state index in [1.165, 1.54) is 10.4 Å². The second-order valence-electron chi connectivity index (χ2n) is 4.98. The van der Waals surface area contributed by atoms with E-state index in [1.54, 1.807) is 20.0 Å². The Morgan fingerprint density at radius 2 is 1.95 bits per heavy atom. The molecule has 7 heteroatoms. The van der Waals surface area contributed by atoms with Crippen molar-refractivity contribution in [1.29, 1.82) is 0 Å². The Hall–Kier alpha value is -0.820. The number of anilines is 1. The number of sulfonamides is 1. The van der Waals surface area contributed by atoms with E-state index in [9.17, 15) is 8.42 Å². The molecule has 1 saturated heterocycles. The van der Waals surface area contributed by atoms with E-state index < -0.39 is 10.0 Å². The van der Waals surface area contributed by atoms with Gasteiger partial charge in [-0.1, -0.05) is 11.6 Å². The van der Waals surface area contributed by atoms with Crippen LogP contribution in [0.2, 0.25) is 5.02 Å². The van der Waals surface area contributed by atoms with E-state index in [1.807, 2.05) is 0 Å². The summed E-state index contributed by atoms with van der Waals surface area (Å²) in [6, 6.07) is 2.97. The van der Waals surface area contributed by atoms with Crippen molar-refractivity contribution in [2.24, 2.45) is 0 Å². The van der Waals surface area contributed by atoms with Crippen molar-refractivity contribution >= 4 is 27.3 Å². The minimum Gasteiger partial charge on any atom is -0.398 e. The maximum atomic E-state index is 12.7. The van der Waals surface area contributed by atoms with Crippen LogP contribution < -0.4 is 5.73 Å². The molecule has 112 valence electrons. The topological polar surface area (TPSA) is 72.6 Å². The molecular formula is C13H19ClN2O3S. The molecule has 0 aliphatic carbocycles. The standard InChI is InChI=1S/C13H19ClN2O3S/c1-9-12(15)7-10(14)8-13(9)20(17,18)16(2)11-3-5-19-6-4-11/h7-8,11H,3-6,15H2,1-2H3. The van der Waals surface area contributed by atoms with Gasteiger partial charge >= 0.3 is 0 Å². The first-order chi connectivity index (χ1) is 9.34. The molecule has 0 aromatic heterocycles. The van der Waals surface area contributed by atoms with Crippen molar-refractivity contribution in [2.75, 3.05) is 26.0 Å².